The zero-order valence-corrected chi connectivity index (χ0v) is 18.7. The van der Waals surface area contributed by atoms with Crippen molar-refractivity contribution in [3.8, 4) is 16.9 Å². The van der Waals surface area contributed by atoms with Crippen LogP contribution in [0.25, 0.3) is 11.1 Å². The fraction of sp³-hybridized carbons (Fsp3) is 0.0400. The Hall–Kier alpha value is -4.01. The lowest BCUT2D eigenvalue weighted by molar-refractivity contribution is 0.486. The van der Waals surface area contributed by atoms with E-state index >= 15 is 0 Å². The van der Waals surface area contributed by atoms with Crippen LogP contribution in [0.1, 0.15) is 5.56 Å². The molecule has 0 atom stereocenters. The van der Waals surface area contributed by atoms with Crippen LogP contribution in [-0.4, -0.2) is 8.42 Å². The van der Waals surface area contributed by atoms with Gasteiger partial charge in [-0.05, 0) is 78.7 Å². The summed E-state index contributed by atoms with van der Waals surface area (Å²) < 4.78 is 30.0. The smallest absolute Gasteiger partial charge is 0.339 e. The minimum absolute atomic E-state index is 0.104. The fourth-order valence-electron chi connectivity index (χ4n) is 3.04. The lowest BCUT2D eigenvalue weighted by atomic mass is 10.1. The Morgan fingerprint density at radius 3 is 1.70 bits per heavy atom. The first-order valence-electron chi connectivity index (χ1n) is 10.1. The molecule has 0 aliphatic heterocycles. The van der Waals surface area contributed by atoms with Gasteiger partial charge < -0.3 is 9.61 Å². The van der Waals surface area contributed by atoms with E-state index in [0.29, 0.717) is 11.4 Å². The highest BCUT2D eigenvalue weighted by atomic mass is 32.2. The second kappa shape index (κ2) is 9.64. The lowest BCUT2D eigenvalue weighted by Crippen LogP contribution is -2.09. The van der Waals surface area contributed by atoms with Crippen LogP contribution in [0.15, 0.2) is 112 Å². The molecule has 8 heteroatoms. The van der Waals surface area contributed by atoms with Crippen LogP contribution in [0.2, 0.25) is 0 Å². The van der Waals surface area contributed by atoms with Gasteiger partial charge >= 0.3 is 10.1 Å². The van der Waals surface area contributed by atoms with Crippen LogP contribution in [0.3, 0.4) is 0 Å². The molecule has 0 saturated heterocycles. The molecule has 0 aromatic heterocycles. The number of hydrazine groups is 1. The Balaban J connectivity index is 1.41. The van der Waals surface area contributed by atoms with E-state index in [1.807, 2.05) is 55.5 Å². The first-order chi connectivity index (χ1) is 15.9. The van der Waals surface area contributed by atoms with Crippen molar-refractivity contribution < 1.29 is 12.6 Å². The van der Waals surface area contributed by atoms with Gasteiger partial charge in [-0.25, -0.2) is 0 Å². The van der Waals surface area contributed by atoms with Crippen LogP contribution in [0, 0.1) is 6.92 Å². The number of hydrogen-bond acceptors (Lipinski definition) is 7. The predicted octanol–water partition coefficient (Wildman–Crippen LogP) is 6.13. The number of nitrogens with zero attached hydrogens (tertiary/aromatic N) is 2. The van der Waals surface area contributed by atoms with Gasteiger partial charge in [0, 0.05) is 5.69 Å². The molecule has 3 N–H and O–H groups in total. The molecule has 0 spiro atoms. The highest BCUT2D eigenvalue weighted by molar-refractivity contribution is 7.87. The molecule has 166 valence electrons. The van der Waals surface area contributed by atoms with Crippen LogP contribution in [-0.2, 0) is 10.1 Å². The molecule has 0 fully saturated rings. The first-order valence-corrected chi connectivity index (χ1v) is 11.5. The summed E-state index contributed by atoms with van der Waals surface area (Å²) in [6.07, 6.45) is 0. The summed E-state index contributed by atoms with van der Waals surface area (Å²) in [6, 6.07) is 28.3. The Bertz CT molecular complexity index is 1350. The molecule has 0 aliphatic rings. The van der Waals surface area contributed by atoms with Gasteiger partial charge in [0.15, 0.2) is 0 Å². The van der Waals surface area contributed by atoms with Crippen molar-refractivity contribution in [1.82, 2.24) is 0 Å². The zero-order valence-electron chi connectivity index (χ0n) is 17.8. The van der Waals surface area contributed by atoms with Crippen molar-refractivity contribution >= 4 is 27.2 Å². The van der Waals surface area contributed by atoms with E-state index < -0.39 is 10.1 Å². The minimum atomic E-state index is -3.89. The molecule has 4 rings (SSSR count). The van der Waals surface area contributed by atoms with E-state index in [4.69, 9.17) is 10.0 Å². The summed E-state index contributed by atoms with van der Waals surface area (Å²) >= 11 is 0. The Labute approximate surface area is 192 Å². The van der Waals surface area contributed by atoms with Crippen molar-refractivity contribution in [2.45, 2.75) is 11.8 Å². The molecule has 0 aliphatic carbocycles. The van der Waals surface area contributed by atoms with E-state index in [0.717, 1.165) is 22.4 Å². The molecule has 4 aromatic carbocycles. The van der Waals surface area contributed by atoms with Gasteiger partial charge in [0.2, 0.25) is 0 Å². The number of azo groups is 1. The molecule has 4 aromatic rings. The van der Waals surface area contributed by atoms with Crippen molar-refractivity contribution in [3.05, 3.63) is 103 Å². The number of benzene rings is 4. The third kappa shape index (κ3) is 5.62. The normalized spacial score (nSPS) is 11.5. The molecular formula is C25H22N4O3S. The van der Waals surface area contributed by atoms with Crippen molar-refractivity contribution in [2.75, 3.05) is 5.43 Å². The van der Waals surface area contributed by atoms with Gasteiger partial charge in [-0.3, -0.25) is 5.84 Å². The average Bonchev–Trinajstić information content (AvgIpc) is 2.84. The SMILES string of the molecule is Cc1ccc(S(=O)(=O)Oc2ccc(N=Nc3ccc(-c4ccc(NN)cc4)cc3)cc2)cc1. The maximum Gasteiger partial charge on any atom is 0.339 e. The van der Waals surface area contributed by atoms with Crippen LogP contribution in [0.4, 0.5) is 17.1 Å². The largest absolute Gasteiger partial charge is 0.379 e. The van der Waals surface area contributed by atoms with Crippen LogP contribution >= 0.6 is 0 Å². The van der Waals surface area contributed by atoms with E-state index in [1.54, 1.807) is 36.4 Å². The monoisotopic (exact) mass is 458 g/mol. The van der Waals surface area contributed by atoms with Gasteiger partial charge in [-0.15, -0.1) is 0 Å². The van der Waals surface area contributed by atoms with Crippen molar-refractivity contribution in [1.29, 1.82) is 0 Å². The fourth-order valence-corrected chi connectivity index (χ4v) is 3.97. The van der Waals surface area contributed by atoms with E-state index in [-0.39, 0.29) is 10.6 Å². The molecule has 0 saturated carbocycles. The van der Waals surface area contributed by atoms with E-state index in [2.05, 4.69) is 15.7 Å². The summed E-state index contributed by atoms with van der Waals surface area (Å²) in [7, 11) is -3.89. The second-order valence-electron chi connectivity index (χ2n) is 7.31. The maximum absolute atomic E-state index is 12.4. The summed E-state index contributed by atoms with van der Waals surface area (Å²) in [5.41, 5.74) is 7.80. The number of nitrogen functional groups attached to an aromatic ring is 1. The van der Waals surface area contributed by atoms with Gasteiger partial charge in [-0.1, -0.05) is 42.0 Å². The maximum atomic E-state index is 12.4. The molecule has 7 nitrogen and oxygen atoms in total. The predicted molar refractivity (Wildman–Crippen MR) is 129 cm³/mol. The lowest BCUT2D eigenvalue weighted by Gasteiger charge is -2.07. The molecule has 0 radical (unpaired) electrons. The highest BCUT2D eigenvalue weighted by Crippen LogP contribution is 2.26. The van der Waals surface area contributed by atoms with Crippen molar-refractivity contribution in [3.63, 3.8) is 0 Å². The number of anilines is 1. The number of aryl methyl sites for hydroxylation is 1. The third-order valence-corrected chi connectivity index (χ3v) is 6.15. The van der Waals surface area contributed by atoms with E-state index in [9.17, 15) is 8.42 Å². The van der Waals surface area contributed by atoms with Gasteiger partial charge in [-0.2, -0.15) is 18.6 Å². The number of nitrogens with two attached hydrogens (primary N) is 1. The zero-order chi connectivity index (χ0) is 23.3. The van der Waals surface area contributed by atoms with Crippen molar-refractivity contribution in [2.24, 2.45) is 16.1 Å². The number of nitrogens with one attached hydrogen (secondary N) is 1. The average molecular weight is 459 g/mol. The second-order valence-corrected chi connectivity index (χ2v) is 8.86. The minimum Gasteiger partial charge on any atom is -0.379 e. The molecular weight excluding hydrogens is 436 g/mol. The Morgan fingerprint density at radius 2 is 1.18 bits per heavy atom. The number of hydrogen-bond donors (Lipinski definition) is 2. The summed E-state index contributed by atoms with van der Waals surface area (Å²) in [4.78, 5) is 0.104. The van der Waals surface area contributed by atoms with Gasteiger partial charge in [0.1, 0.15) is 10.6 Å². The van der Waals surface area contributed by atoms with Crippen LogP contribution < -0.4 is 15.5 Å². The Morgan fingerprint density at radius 1 is 0.697 bits per heavy atom. The highest BCUT2D eigenvalue weighted by Gasteiger charge is 2.16. The van der Waals surface area contributed by atoms with Gasteiger partial charge in [0.05, 0.1) is 11.4 Å². The van der Waals surface area contributed by atoms with E-state index in [1.165, 1.54) is 12.1 Å². The summed E-state index contributed by atoms with van der Waals surface area (Å²) in [5, 5.41) is 8.44. The quantitative estimate of drug-likeness (QED) is 0.150. The first kappa shape index (κ1) is 22.2. The summed E-state index contributed by atoms with van der Waals surface area (Å²) in [5.74, 6) is 5.60. The molecule has 0 heterocycles. The standard InChI is InChI=1S/C25H22N4O3S/c1-18-2-16-25(17-3-18)33(30,31)32-24-14-12-23(13-15-24)29-28-22-10-6-20(7-11-22)19-4-8-21(27-26)9-5-19/h2-17,27H,26H2,1H3. The molecule has 33 heavy (non-hydrogen) atoms. The Kier molecular flexibility index (Phi) is 6.48. The van der Waals surface area contributed by atoms with Crippen LogP contribution in [0.5, 0.6) is 5.75 Å². The molecule has 0 amide bonds. The third-order valence-electron chi connectivity index (χ3n) is 4.89. The molecule has 0 unspecified atom stereocenters. The summed E-state index contributed by atoms with van der Waals surface area (Å²) in [6.45, 7) is 1.89. The molecule has 0 bridgehead atoms. The van der Waals surface area contributed by atoms with Gasteiger partial charge in [0.25, 0.3) is 0 Å². The topological polar surface area (TPSA) is 106 Å². The number of rotatable bonds is 7.